The van der Waals surface area contributed by atoms with E-state index in [1.807, 2.05) is 20.8 Å². The molecule has 0 unspecified atom stereocenters. The topological polar surface area (TPSA) is 78.4 Å². The van der Waals surface area contributed by atoms with E-state index in [-0.39, 0.29) is 10.3 Å². The molecule has 2 amide bonds. The predicted octanol–water partition coefficient (Wildman–Crippen LogP) is 2.50. The van der Waals surface area contributed by atoms with Gasteiger partial charge in [-0.15, -0.1) is 11.3 Å². The number of anilines is 1. The first kappa shape index (κ1) is 13.5. The van der Waals surface area contributed by atoms with Crippen molar-refractivity contribution in [2.75, 3.05) is 12.4 Å². The Morgan fingerprint density at radius 1 is 1.35 bits per heavy atom. The Kier molecular flexibility index (Phi) is 3.77. The molecule has 17 heavy (non-hydrogen) atoms. The number of carboxylic acid groups (broad SMARTS) is 1. The number of urea groups is 1. The second-order valence-electron chi connectivity index (χ2n) is 4.61. The maximum Gasteiger partial charge on any atom is 0.348 e. The van der Waals surface area contributed by atoms with E-state index in [2.05, 4.69) is 10.6 Å². The number of hydrogen-bond acceptors (Lipinski definition) is 3. The summed E-state index contributed by atoms with van der Waals surface area (Å²) < 4.78 is 0. The van der Waals surface area contributed by atoms with Crippen LogP contribution >= 0.6 is 11.3 Å². The average Bonchev–Trinajstić information content (AvgIpc) is 2.61. The van der Waals surface area contributed by atoms with Gasteiger partial charge in [-0.25, -0.2) is 9.59 Å². The SMILES string of the molecule is CNC(=O)Nc1cc(C(C)(C)C)sc1C(=O)O. The summed E-state index contributed by atoms with van der Waals surface area (Å²) in [6, 6.07) is 1.29. The van der Waals surface area contributed by atoms with E-state index in [9.17, 15) is 9.59 Å². The Morgan fingerprint density at radius 2 is 1.94 bits per heavy atom. The lowest BCUT2D eigenvalue weighted by Gasteiger charge is -2.15. The maximum atomic E-state index is 11.2. The lowest BCUT2D eigenvalue weighted by molar-refractivity contribution is 0.0703. The zero-order valence-corrected chi connectivity index (χ0v) is 11.1. The quantitative estimate of drug-likeness (QED) is 0.760. The Hall–Kier alpha value is -1.56. The summed E-state index contributed by atoms with van der Waals surface area (Å²) in [5.41, 5.74) is 0.198. The molecule has 5 nitrogen and oxygen atoms in total. The molecule has 0 bridgehead atoms. The van der Waals surface area contributed by atoms with Crippen molar-refractivity contribution in [1.29, 1.82) is 0 Å². The molecular weight excluding hydrogens is 240 g/mol. The summed E-state index contributed by atoms with van der Waals surface area (Å²) >= 11 is 1.18. The van der Waals surface area contributed by atoms with Gasteiger partial charge in [0.2, 0.25) is 0 Å². The Bertz CT molecular complexity index is 446. The molecule has 0 aliphatic carbocycles. The van der Waals surface area contributed by atoms with Gasteiger partial charge >= 0.3 is 12.0 Å². The summed E-state index contributed by atoms with van der Waals surface area (Å²) in [6.45, 7) is 5.98. The van der Waals surface area contributed by atoms with Gasteiger partial charge in [0, 0.05) is 11.9 Å². The van der Waals surface area contributed by atoms with Gasteiger partial charge < -0.3 is 15.7 Å². The molecule has 0 fully saturated rings. The van der Waals surface area contributed by atoms with Gasteiger partial charge in [0.15, 0.2) is 0 Å². The highest BCUT2D eigenvalue weighted by Crippen LogP contribution is 2.35. The first-order chi connectivity index (χ1) is 7.75. The molecule has 0 aromatic carbocycles. The van der Waals surface area contributed by atoms with Gasteiger partial charge in [-0.1, -0.05) is 20.8 Å². The zero-order valence-electron chi connectivity index (χ0n) is 10.2. The number of aromatic carboxylic acids is 1. The van der Waals surface area contributed by atoms with Crippen molar-refractivity contribution in [1.82, 2.24) is 5.32 Å². The summed E-state index contributed by atoms with van der Waals surface area (Å²) in [5.74, 6) is -1.03. The Balaban J connectivity index is 3.14. The smallest absolute Gasteiger partial charge is 0.348 e. The molecule has 0 atom stereocenters. The number of thiophene rings is 1. The number of nitrogens with one attached hydrogen (secondary N) is 2. The first-order valence-corrected chi connectivity index (χ1v) is 5.93. The number of amides is 2. The molecule has 6 heteroatoms. The third-order valence-electron chi connectivity index (χ3n) is 2.14. The lowest BCUT2D eigenvalue weighted by Crippen LogP contribution is -2.25. The van der Waals surface area contributed by atoms with Crippen LogP contribution in [0.25, 0.3) is 0 Å². The molecule has 0 saturated carbocycles. The van der Waals surface area contributed by atoms with E-state index < -0.39 is 12.0 Å². The van der Waals surface area contributed by atoms with Gasteiger partial charge in [0.25, 0.3) is 0 Å². The molecule has 3 N–H and O–H groups in total. The molecule has 0 saturated heterocycles. The van der Waals surface area contributed by atoms with Crippen LogP contribution in [0.1, 0.15) is 35.3 Å². The van der Waals surface area contributed by atoms with Crippen LogP contribution in [0.4, 0.5) is 10.5 Å². The van der Waals surface area contributed by atoms with Gasteiger partial charge in [-0.05, 0) is 11.5 Å². The van der Waals surface area contributed by atoms with E-state index in [4.69, 9.17) is 5.11 Å². The number of rotatable bonds is 2. The molecule has 0 aliphatic heterocycles. The molecule has 1 rings (SSSR count). The van der Waals surface area contributed by atoms with Crippen molar-refractivity contribution >= 4 is 29.0 Å². The van der Waals surface area contributed by atoms with E-state index in [1.165, 1.54) is 18.4 Å². The number of carbonyl (C=O) groups is 2. The van der Waals surface area contributed by atoms with Gasteiger partial charge in [-0.3, -0.25) is 0 Å². The molecule has 1 aromatic rings. The minimum atomic E-state index is -1.03. The number of carboxylic acids is 1. The van der Waals surface area contributed by atoms with Gasteiger partial charge in [-0.2, -0.15) is 0 Å². The van der Waals surface area contributed by atoms with Crippen molar-refractivity contribution in [3.05, 3.63) is 15.8 Å². The highest BCUT2D eigenvalue weighted by molar-refractivity contribution is 7.14. The highest BCUT2D eigenvalue weighted by atomic mass is 32.1. The Labute approximate surface area is 104 Å². The normalized spacial score (nSPS) is 11.1. The molecule has 0 aliphatic rings. The Morgan fingerprint density at radius 3 is 2.35 bits per heavy atom. The fraction of sp³-hybridized carbons (Fsp3) is 0.455. The van der Waals surface area contributed by atoms with Crippen LogP contribution < -0.4 is 10.6 Å². The average molecular weight is 256 g/mol. The third kappa shape index (κ3) is 3.20. The molecule has 1 heterocycles. The molecule has 94 valence electrons. The monoisotopic (exact) mass is 256 g/mol. The van der Waals surface area contributed by atoms with Crippen LogP contribution in [0, 0.1) is 0 Å². The minimum absolute atomic E-state index is 0.141. The first-order valence-electron chi connectivity index (χ1n) is 5.12. The van der Waals surface area contributed by atoms with Crippen molar-refractivity contribution in [3.63, 3.8) is 0 Å². The summed E-state index contributed by atoms with van der Waals surface area (Å²) in [7, 11) is 1.48. The molecule has 0 radical (unpaired) electrons. The van der Waals surface area contributed by atoms with Crippen LogP contribution in [-0.2, 0) is 5.41 Å². The zero-order chi connectivity index (χ0) is 13.2. The van der Waals surface area contributed by atoms with Crippen LogP contribution in [0.2, 0.25) is 0 Å². The van der Waals surface area contributed by atoms with Crippen LogP contribution in [0.3, 0.4) is 0 Å². The standard InChI is InChI=1S/C11H16N2O3S/c1-11(2,3)7-5-6(13-10(16)12-4)8(17-7)9(14)15/h5H,1-4H3,(H,14,15)(H2,12,13,16). The summed E-state index contributed by atoms with van der Waals surface area (Å²) in [4.78, 5) is 23.3. The van der Waals surface area contributed by atoms with E-state index in [0.29, 0.717) is 5.69 Å². The van der Waals surface area contributed by atoms with E-state index >= 15 is 0 Å². The third-order valence-corrected chi connectivity index (χ3v) is 3.69. The van der Waals surface area contributed by atoms with Gasteiger partial charge in [0.05, 0.1) is 5.69 Å². The van der Waals surface area contributed by atoms with Gasteiger partial charge in [0.1, 0.15) is 4.88 Å². The van der Waals surface area contributed by atoms with E-state index in [1.54, 1.807) is 6.07 Å². The minimum Gasteiger partial charge on any atom is -0.477 e. The van der Waals surface area contributed by atoms with E-state index in [0.717, 1.165) is 4.88 Å². The second-order valence-corrected chi connectivity index (χ2v) is 5.66. The van der Waals surface area contributed by atoms with Crippen molar-refractivity contribution in [3.8, 4) is 0 Å². The summed E-state index contributed by atoms with van der Waals surface area (Å²) in [5, 5.41) is 14.0. The highest BCUT2D eigenvalue weighted by Gasteiger charge is 2.23. The second kappa shape index (κ2) is 4.75. The largest absolute Gasteiger partial charge is 0.477 e. The maximum absolute atomic E-state index is 11.2. The summed E-state index contributed by atoms with van der Waals surface area (Å²) in [6.07, 6.45) is 0. The van der Waals surface area contributed by atoms with Crippen molar-refractivity contribution < 1.29 is 14.7 Å². The number of hydrogen-bond donors (Lipinski definition) is 3. The lowest BCUT2D eigenvalue weighted by atomic mass is 9.94. The predicted molar refractivity (Wildman–Crippen MR) is 68.1 cm³/mol. The fourth-order valence-corrected chi connectivity index (χ4v) is 2.21. The van der Waals surface area contributed by atoms with Crippen LogP contribution in [-0.4, -0.2) is 24.2 Å². The molecular formula is C11H16N2O3S. The fourth-order valence-electron chi connectivity index (χ4n) is 1.20. The molecule has 0 spiro atoms. The van der Waals surface area contributed by atoms with Crippen LogP contribution in [0.15, 0.2) is 6.07 Å². The molecule has 1 aromatic heterocycles. The van der Waals surface area contributed by atoms with Crippen molar-refractivity contribution in [2.45, 2.75) is 26.2 Å². The number of carbonyl (C=O) groups excluding carboxylic acids is 1. The van der Waals surface area contributed by atoms with Crippen LogP contribution in [0.5, 0.6) is 0 Å². The van der Waals surface area contributed by atoms with Crippen molar-refractivity contribution in [2.24, 2.45) is 0 Å².